The topological polar surface area (TPSA) is 35.5 Å². The van der Waals surface area contributed by atoms with E-state index in [4.69, 9.17) is 9.05 Å². The highest BCUT2D eigenvalue weighted by molar-refractivity contribution is 14.1. The maximum absolute atomic E-state index is 12.7. The van der Waals surface area contributed by atoms with E-state index in [1.165, 1.54) is 0 Å². The van der Waals surface area contributed by atoms with Gasteiger partial charge >= 0.3 is 7.60 Å². The highest BCUT2D eigenvalue weighted by atomic mass is 127. The predicted molar refractivity (Wildman–Crippen MR) is 105 cm³/mol. The van der Waals surface area contributed by atoms with E-state index >= 15 is 0 Å². The van der Waals surface area contributed by atoms with Gasteiger partial charge < -0.3 is 9.05 Å². The molecule has 0 aliphatic heterocycles. The van der Waals surface area contributed by atoms with Crippen LogP contribution in [0, 0.1) is 3.57 Å². The molecule has 9 heteroatoms. The minimum absolute atomic E-state index is 0.198. The Morgan fingerprint density at radius 1 is 0.950 bits per heavy atom. The number of rotatable bonds is 6. The van der Waals surface area contributed by atoms with Crippen molar-refractivity contribution in [3.8, 4) is 0 Å². The zero-order chi connectivity index (χ0) is 15.5. The minimum atomic E-state index is -3.15. The minimum Gasteiger partial charge on any atom is -0.309 e. The molecule has 0 fully saturated rings. The van der Waals surface area contributed by atoms with Crippen LogP contribution in [0.15, 0.2) is 17.9 Å². The van der Waals surface area contributed by atoms with Crippen LogP contribution >= 0.6 is 93.9 Å². The monoisotopic (exact) mass is 666 g/mol. The average molecular weight is 670 g/mol. The van der Waals surface area contributed by atoms with Crippen LogP contribution < -0.4 is 0 Å². The van der Waals surface area contributed by atoms with Crippen LogP contribution in [0.1, 0.15) is 19.4 Å². The van der Waals surface area contributed by atoms with Crippen LogP contribution in [0.3, 0.4) is 0 Å². The number of hydrogen-bond acceptors (Lipinski definition) is 3. The van der Waals surface area contributed by atoms with Gasteiger partial charge in [0.1, 0.15) is 0 Å². The van der Waals surface area contributed by atoms with E-state index in [0.29, 0.717) is 13.2 Å². The van der Waals surface area contributed by atoms with Crippen molar-refractivity contribution in [2.24, 2.45) is 0 Å². The molecular weight excluding hydrogens is 658 g/mol. The lowest BCUT2D eigenvalue weighted by molar-refractivity contribution is 0.219. The van der Waals surface area contributed by atoms with Crippen molar-refractivity contribution < 1.29 is 13.6 Å². The lowest BCUT2D eigenvalue weighted by atomic mass is 10.2. The summed E-state index contributed by atoms with van der Waals surface area (Å²) in [4.78, 5) is 0. The molecule has 0 bridgehead atoms. The Morgan fingerprint density at radius 3 is 1.70 bits per heavy atom. The number of hydrogen-bond donors (Lipinski definition) is 0. The van der Waals surface area contributed by atoms with Gasteiger partial charge in [-0.3, -0.25) is 4.57 Å². The number of halogens is 5. The fourth-order valence-electron chi connectivity index (χ4n) is 1.50. The van der Waals surface area contributed by atoms with E-state index in [-0.39, 0.29) is 6.16 Å². The molecule has 0 spiro atoms. The van der Waals surface area contributed by atoms with Crippen molar-refractivity contribution in [2.45, 2.75) is 20.0 Å². The van der Waals surface area contributed by atoms with Crippen LogP contribution in [-0.4, -0.2) is 13.2 Å². The van der Waals surface area contributed by atoms with E-state index in [2.05, 4.69) is 86.3 Å². The summed E-state index contributed by atoms with van der Waals surface area (Å²) in [5.41, 5.74) is 0.842. The quantitative estimate of drug-likeness (QED) is 0.140. The van der Waals surface area contributed by atoms with Gasteiger partial charge in [-0.05, 0) is 106 Å². The summed E-state index contributed by atoms with van der Waals surface area (Å²) >= 11 is 16.3. The van der Waals surface area contributed by atoms with Crippen molar-refractivity contribution >= 4 is 93.9 Å². The molecule has 0 heterocycles. The van der Waals surface area contributed by atoms with Crippen LogP contribution in [0.5, 0.6) is 0 Å². The molecule has 0 saturated heterocycles. The third-order valence-corrected chi connectivity index (χ3v) is 11.3. The third kappa shape index (κ3) is 4.76. The summed E-state index contributed by atoms with van der Waals surface area (Å²) in [7, 11) is -3.15. The summed E-state index contributed by atoms with van der Waals surface area (Å²) in [6, 6.07) is 0. The Hall–Kier alpha value is 2.02. The third-order valence-electron chi connectivity index (χ3n) is 2.30. The summed E-state index contributed by atoms with van der Waals surface area (Å²) in [5.74, 6) is 0. The summed E-state index contributed by atoms with van der Waals surface area (Å²) < 4.78 is 27.9. The van der Waals surface area contributed by atoms with Crippen LogP contribution in [0.2, 0.25) is 0 Å². The molecule has 1 rings (SSSR count). The van der Waals surface area contributed by atoms with E-state index in [1.807, 2.05) is 0 Å². The van der Waals surface area contributed by atoms with Crippen LogP contribution in [-0.2, 0) is 19.8 Å². The molecule has 0 N–H and O–H groups in total. The van der Waals surface area contributed by atoms with E-state index in [1.54, 1.807) is 13.8 Å². The van der Waals surface area contributed by atoms with Gasteiger partial charge in [-0.15, -0.1) is 0 Å². The zero-order valence-corrected chi connectivity index (χ0v) is 20.1. The average Bonchev–Trinajstić information content (AvgIpc) is 2.40. The molecule has 0 saturated carbocycles. The highest BCUT2D eigenvalue weighted by Gasteiger charge is 2.29. The molecule has 0 radical (unpaired) electrons. The number of benzene rings is 1. The zero-order valence-electron chi connectivity index (χ0n) is 10.7. The first-order valence-electron chi connectivity index (χ1n) is 5.65. The van der Waals surface area contributed by atoms with Crippen molar-refractivity contribution in [1.29, 1.82) is 0 Å². The first kappa shape index (κ1) is 20.1. The fourth-order valence-corrected chi connectivity index (χ4v) is 7.45. The largest absolute Gasteiger partial charge is 0.335 e. The first-order chi connectivity index (χ1) is 9.27. The molecule has 1 aromatic carbocycles. The molecule has 0 aliphatic rings. The molecule has 20 heavy (non-hydrogen) atoms. The van der Waals surface area contributed by atoms with Gasteiger partial charge in [-0.25, -0.2) is 0 Å². The smallest absolute Gasteiger partial charge is 0.309 e. The van der Waals surface area contributed by atoms with Gasteiger partial charge in [0.15, 0.2) is 0 Å². The lowest BCUT2D eigenvalue weighted by Crippen LogP contribution is -2.02. The molecule has 0 amide bonds. The molecule has 114 valence electrons. The van der Waals surface area contributed by atoms with E-state index in [9.17, 15) is 4.57 Å². The summed E-state index contributed by atoms with van der Waals surface area (Å²) in [5, 5.41) is 0. The summed E-state index contributed by atoms with van der Waals surface area (Å²) in [6.45, 7) is 4.30. The van der Waals surface area contributed by atoms with Crippen molar-refractivity contribution in [3.05, 3.63) is 27.0 Å². The van der Waals surface area contributed by atoms with Gasteiger partial charge in [0.2, 0.25) is 0 Å². The molecule has 0 aliphatic carbocycles. The second-order valence-corrected chi connectivity index (χ2v) is 9.96. The van der Waals surface area contributed by atoms with Crippen LogP contribution in [0.25, 0.3) is 0 Å². The SMILES string of the molecule is CCOP(=O)(Cc1c(Br)c(Br)c(I)c(Br)c1Br)OCC. The van der Waals surface area contributed by atoms with Gasteiger partial charge in [-0.2, -0.15) is 0 Å². The second kappa shape index (κ2) is 8.76. The lowest BCUT2D eigenvalue weighted by Gasteiger charge is -2.20. The molecular formula is C11H12Br4IO3P. The highest BCUT2D eigenvalue weighted by Crippen LogP contribution is 2.55. The fraction of sp³-hybridized carbons (Fsp3) is 0.455. The van der Waals surface area contributed by atoms with Crippen molar-refractivity contribution in [2.75, 3.05) is 13.2 Å². The maximum Gasteiger partial charge on any atom is 0.335 e. The van der Waals surface area contributed by atoms with E-state index in [0.717, 1.165) is 27.0 Å². The normalized spacial score (nSPS) is 11.9. The Labute approximate surface area is 166 Å². The van der Waals surface area contributed by atoms with Gasteiger partial charge in [0, 0.05) is 21.5 Å². The molecule has 3 nitrogen and oxygen atoms in total. The molecule has 0 aromatic heterocycles. The molecule has 1 aromatic rings. The second-order valence-electron chi connectivity index (χ2n) is 3.65. The predicted octanol–water partition coefficient (Wildman–Crippen LogP) is 7.11. The Balaban J connectivity index is 3.30. The van der Waals surface area contributed by atoms with E-state index < -0.39 is 7.60 Å². The summed E-state index contributed by atoms with van der Waals surface area (Å²) in [6.07, 6.45) is 0.198. The molecule has 0 unspecified atom stereocenters. The Kier molecular flexibility index (Phi) is 8.78. The van der Waals surface area contributed by atoms with Gasteiger partial charge in [-0.1, -0.05) is 0 Å². The molecule has 0 atom stereocenters. The van der Waals surface area contributed by atoms with Crippen molar-refractivity contribution in [1.82, 2.24) is 0 Å². The van der Waals surface area contributed by atoms with Gasteiger partial charge in [0.05, 0.1) is 19.4 Å². The Morgan fingerprint density at radius 2 is 1.35 bits per heavy atom. The maximum atomic E-state index is 12.7. The first-order valence-corrected chi connectivity index (χ1v) is 11.6. The van der Waals surface area contributed by atoms with Crippen molar-refractivity contribution in [3.63, 3.8) is 0 Å². The van der Waals surface area contributed by atoms with Crippen LogP contribution in [0.4, 0.5) is 0 Å². The standard InChI is InChI=1S/C11H12Br4IO3P/c1-3-18-20(17,19-4-2)5-6-7(12)9(14)11(16)10(15)8(6)13/h3-5H2,1-2H3. The van der Waals surface area contributed by atoms with Gasteiger partial charge in [0.25, 0.3) is 0 Å². The Bertz CT molecular complexity index is 514.